The Hall–Kier alpha value is -3.36. The van der Waals surface area contributed by atoms with E-state index in [0.29, 0.717) is 39.1 Å². The topological polar surface area (TPSA) is 83.1 Å². The molecule has 2 aromatic carbocycles. The second-order valence-corrected chi connectivity index (χ2v) is 10.6. The van der Waals surface area contributed by atoms with Gasteiger partial charge in [0, 0.05) is 38.3 Å². The Labute approximate surface area is 238 Å². The summed E-state index contributed by atoms with van der Waals surface area (Å²) in [6.45, 7) is 8.61. The maximum absolute atomic E-state index is 12.0. The standard InChI is InChI=1S/C32H44N4O4/c37-31(33-15-7-21-39-29-11-5-9-27(23-29)25-35-17-1-2-18-35)13-14-32(38)34-16-8-22-40-30-12-6-10-28(24-30)26-36-19-3-4-20-36/h5-6,9-14,23-24H,1-4,7-8,15-22,25-26H2,(H,33,37)(H,34,38)/b14-13+. The van der Waals surface area contributed by atoms with Crippen molar-refractivity contribution in [1.29, 1.82) is 0 Å². The van der Waals surface area contributed by atoms with E-state index in [4.69, 9.17) is 9.47 Å². The van der Waals surface area contributed by atoms with Gasteiger partial charge >= 0.3 is 0 Å². The predicted molar refractivity (Wildman–Crippen MR) is 157 cm³/mol. The number of carbonyl (C=O) groups is 2. The van der Waals surface area contributed by atoms with Gasteiger partial charge in [0.1, 0.15) is 11.5 Å². The third kappa shape index (κ3) is 11.0. The monoisotopic (exact) mass is 548 g/mol. The molecule has 8 heteroatoms. The molecular formula is C32H44N4O4. The summed E-state index contributed by atoms with van der Waals surface area (Å²) in [6, 6.07) is 16.5. The first kappa shape index (κ1) is 29.6. The van der Waals surface area contributed by atoms with Crippen molar-refractivity contribution in [1.82, 2.24) is 20.4 Å². The van der Waals surface area contributed by atoms with Crippen LogP contribution >= 0.6 is 0 Å². The highest BCUT2D eigenvalue weighted by molar-refractivity contribution is 5.96. The summed E-state index contributed by atoms with van der Waals surface area (Å²) in [5.74, 6) is 1.13. The number of carbonyl (C=O) groups excluding carboxylic acids is 2. The molecule has 2 aromatic rings. The second-order valence-electron chi connectivity index (χ2n) is 10.6. The molecule has 2 fully saturated rings. The van der Waals surface area contributed by atoms with Gasteiger partial charge in [-0.1, -0.05) is 24.3 Å². The van der Waals surface area contributed by atoms with E-state index >= 15 is 0 Å². The van der Waals surface area contributed by atoms with Gasteiger partial charge in [0.2, 0.25) is 11.8 Å². The average molecular weight is 549 g/mol. The summed E-state index contributed by atoms with van der Waals surface area (Å²) < 4.78 is 11.7. The Morgan fingerprint density at radius 2 is 1.10 bits per heavy atom. The van der Waals surface area contributed by atoms with E-state index in [9.17, 15) is 9.59 Å². The van der Waals surface area contributed by atoms with Crippen LogP contribution in [0.5, 0.6) is 11.5 Å². The minimum absolute atomic E-state index is 0.292. The lowest BCUT2D eigenvalue weighted by Gasteiger charge is -2.15. The first-order valence-electron chi connectivity index (χ1n) is 14.8. The van der Waals surface area contributed by atoms with Crippen LogP contribution in [0.4, 0.5) is 0 Å². The van der Waals surface area contributed by atoms with Gasteiger partial charge in [-0.05, 0) is 100 Å². The largest absolute Gasteiger partial charge is 0.494 e. The normalized spacial score (nSPS) is 15.9. The van der Waals surface area contributed by atoms with Crippen LogP contribution in [0.15, 0.2) is 60.7 Å². The molecule has 2 heterocycles. The van der Waals surface area contributed by atoms with Gasteiger partial charge in [-0.3, -0.25) is 19.4 Å². The molecule has 2 N–H and O–H groups in total. The molecule has 2 aliphatic rings. The number of nitrogens with one attached hydrogen (secondary N) is 2. The van der Waals surface area contributed by atoms with Crippen LogP contribution < -0.4 is 20.1 Å². The molecule has 2 saturated heterocycles. The third-order valence-electron chi connectivity index (χ3n) is 7.17. The summed E-state index contributed by atoms with van der Waals surface area (Å²) in [7, 11) is 0. The van der Waals surface area contributed by atoms with Crippen LogP contribution in [0.2, 0.25) is 0 Å². The van der Waals surface area contributed by atoms with E-state index in [1.54, 1.807) is 0 Å². The number of nitrogens with zero attached hydrogens (tertiary/aromatic N) is 2. The molecule has 8 nitrogen and oxygen atoms in total. The average Bonchev–Trinajstić information content (AvgIpc) is 3.67. The molecule has 0 bridgehead atoms. The van der Waals surface area contributed by atoms with E-state index in [1.807, 2.05) is 24.3 Å². The number of likely N-dealkylation sites (tertiary alicyclic amines) is 2. The molecule has 0 unspecified atom stereocenters. The molecule has 2 aliphatic heterocycles. The van der Waals surface area contributed by atoms with Crippen molar-refractivity contribution in [3.05, 3.63) is 71.8 Å². The summed E-state index contributed by atoms with van der Waals surface area (Å²) in [5.41, 5.74) is 2.53. The van der Waals surface area contributed by atoms with Crippen LogP contribution in [0.1, 0.15) is 49.7 Å². The zero-order valence-corrected chi connectivity index (χ0v) is 23.6. The second kappa shape index (κ2) is 16.7. The number of ether oxygens (including phenoxy) is 2. The number of amides is 2. The first-order valence-corrected chi connectivity index (χ1v) is 14.8. The van der Waals surface area contributed by atoms with Gasteiger partial charge in [0.25, 0.3) is 0 Å². The van der Waals surface area contributed by atoms with E-state index in [2.05, 4.69) is 44.7 Å². The number of hydrogen-bond donors (Lipinski definition) is 2. The molecule has 0 aromatic heterocycles. The van der Waals surface area contributed by atoms with Gasteiger partial charge in [-0.25, -0.2) is 0 Å². The Morgan fingerprint density at radius 3 is 1.52 bits per heavy atom. The van der Waals surface area contributed by atoms with Crippen molar-refractivity contribution in [2.24, 2.45) is 0 Å². The zero-order valence-electron chi connectivity index (χ0n) is 23.6. The SMILES string of the molecule is O=C(/C=C/C(=O)NCCCOc1cccc(CN2CCCC2)c1)NCCCOc1cccc(CN2CCCC2)c1. The lowest BCUT2D eigenvalue weighted by molar-refractivity contribution is -0.118. The molecule has 0 aliphatic carbocycles. The lowest BCUT2D eigenvalue weighted by Crippen LogP contribution is -2.26. The fourth-order valence-corrected chi connectivity index (χ4v) is 5.08. The summed E-state index contributed by atoms with van der Waals surface area (Å²) in [6.07, 6.45) is 9.03. The third-order valence-corrected chi connectivity index (χ3v) is 7.17. The Kier molecular flexibility index (Phi) is 12.3. The Bertz CT molecular complexity index is 1010. The fourth-order valence-electron chi connectivity index (χ4n) is 5.08. The maximum Gasteiger partial charge on any atom is 0.244 e. The highest BCUT2D eigenvalue weighted by Gasteiger charge is 2.13. The molecule has 0 atom stereocenters. The van der Waals surface area contributed by atoms with E-state index in [-0.39, 0.29) is 11.8 Å². The molecule has 2 amide bonds. The summed E-state index contributed by atoms with van der Waals surface area (Å²) >= 11 is 0. The molecule has 40 heavy (non-hydrogen) atoms. The van der Waals surface area contributed by atoms with Crippen LogP contribution in [0, 0.1) is 0 Å². The van der Waals surface area contributed by atoms with Crippen LogP contribution in [0.3, 0.4) is 0 Å². The van der Waals surface area contributed by atoms with Crippen LogP contribution in [-0.4, -0.2) is 74.1 Å². The highest BCUT2D eigenvalue weighted by atomic mass is 16.5. The predicted octanol–water partition coefficient (Wildman–Crippen LogP) is 3.90. The van der Waals surface area contributed by atoms with Crippen molar-refractivity contribution in [2.75, 3.05) is 52.5 Å². The summed E-state index contributed by atoms with van der Waals surface area (Å²) in [5, 5.41) is 5.58. The first-order chi connectivity index (χ1) is 19.6. The molecule has 0 saturated carbocycles. The van der Waals surface area contributed by atoms with Crippen molar-refractivity contribution >= 4 is 11.8 Å². The molecule has 0 radical (unpaired) electrons. The molecule has 0 spiro atoms. The van der Waals surface area contributed by atoms with Gasteiger partial charge in [-0.15, -0.1) is 0 Å². The van der Waals surface area contributed by atoms with E-state index < -0.39 is 0 Å². The van der Waals surface area contributed by atoms with Crippen LogP contribution in [-0.2, 0) is 22.7 Å². The zero-order chi connectivity index (χ0) is 27.8. The van der Waals surface area contributed by atoms with Crippen molar-refractivity contribution < 1.29 is 19.1 Å². The van der Waals surface area contributed by atoms with Crippen LogP contribution in [0.25, 0.3) is 0 Å². The smallest absolute Gasteiger partial charge is 0.244 e. The minimum Gasteiger partial charge on any atom is -0.494 e. The van der Waals surface area contributed by atoms with Crippen molar-refractivity contribution in [3.8, 4) is 11.5 Å². The van der Waals surface area contributed by atoms with Gasteiger partial charge in [-0.2, -0.15) is 0 Å². The Balaban J connectivity index is 1.01. The summed E-state index contributed by atoms with van der Waals surface area (Å²) in [4.78, 5) is 29.0. The number of hydrogen-bond acceptors (Lipinski definition) is 6. The highest BCUT2D eigenvalue weighted by Crippen LogP contribution is 2.19. The minimum atomic E-state index is -0.292. The van der Waals surface area contributed by atoms with Gasteiger partial charge < -0.3 is 20.1 Å². The molecular weight excluding hydrogens is 504 g/mol. The Morgan fingerprint density at radius 1 is 0.675 bits per heavy atom. The van der Waals surface area contributed by atoms with Gasteiger partial charge in [0.05, 0.1) is 13.2 Å². The number of benzene rings is 2. The maximum atomic E-state index is 12.0. The molecule has 4 rings (SSSR count). The molecule has 216 valence electrons. The fraction of sp³-hybridized carbons (Fsp3) is 0.500. The van der Waals surface area contributed by atoms with Gasteiger partial charge in [0.15, 0.2) is 0 Å². The number of rotatable bonds is 16. The lowest BCUT2D eigenvalue weighted by atomic mass is 10.2. The van der Waals surface area contributed by atoms with E-state index in [1.165, 1.54) is 75.1 Å². The van der Waals surface area contributed by atoms with Crippen molar-refractivity contribution in [2.45, 2.75) is 51.6 Å². The van der Waals surface area contributed by atoms with Crippen molar-refractivity contribution in [3.63, 3.8) is 0 Å². The van der Waals surface area contributed by atoms with E-state index in [0.717, 1.165) is 24.6 Å². The quantitative estimate of drug-likeness (QED) is 0.245.